The van der Waals surface area contributed by atoms with E-state index in [0.717, 1.165) is 0 Å². The predicted molar refractivity (Wildman–Crippen MR) is 405 cm³/mol. The summed E-state index contributed by atoms with van der Waals surface area (Å²) in [6, 6.07) is 0. The van der Waals surface area contributed by atoms with Gasteiger partial charge in [0.05, 0.1) is 59.2 Å². The van der Waals surface area contributed by atoms with E-state index in [1.54, 1.807) is 0 Å². The van der Waals surface area contributed by atoms with Crippen molar-refractivity contribution < 1.29 is 156 Å². The van der Waals surface area contributed by atoms with E-state index in [0.29, 0.717) is 71.7 Å². The van der Waals surface area contributed by atoms with E-state index in [2.05, 4.69) is 0 Å². The van der Waals surface area contributed by atoms with E-state index in [9.17, 15) is 104 Å². The molecule has 9 atom stereocenters. The molecule has 2 aliphatic heterocycles. The molecule has 2 rings (SSSR count). The zero-order chi connectivity index (χ0) is 77.0. The molecule has 2 aliphatic rings. The molecule has 0 saturated carbocycles. The fraction of sp³-hybridized carbons (Fsp3) is 1.00. The minimum absolute atomic E-state index is 0.0187. The van der Waals surface area contributed by atoms with Crippen molar-refractivity contribution in [2.45, 2.75) is 106 Å². The van der Waals surface area contributed by atoms with Gasteiger partial charge < -0.3 is 52.1 Å². The summed E-state index contributed by atoms with van der Waals surface area (Å²) in [5, 5.41) is 0. The van der Waals surface area contributed by atoms with Gasteiger partial charge in [0, 0.05) is 98.9 Å². The Hall–Kier alpha value is 1.64. The maximum atomic E-state index is 11.6. The molecule has 103 heavy (non-hydrogen) atoms. The molecule has 2 saturated heterocycles. The van der Waals surface area contributed by atoms with Crippen molar-refractivity contribution in [3.63, 3.8) is 0 Å². The highest BCUT2D eigenvalue weighted by Crippen LogP contribution is 2.42. The van der Waals surface area contributed by atoms with Crippen molar-refractivity contribution in [1.82, 2.24) is 0 Å². The molecule has 2 fully saturated rings. The van der Waals surface area contributed by atoms with Crippen molar-refractivity contribution in [3.05, 3.63) is 0 Å². The zero-order valence-electron chi connectivity index (χ0n) is 56.7. The van der Waals surface area contributed by atoms with Gasteiger partial charge in [0.15, 0.2) is 6.29 Å². The zero-order valence-corrected chi connectivity index (χ0v) is 69.7. The highest BCUT2D eigenvalue weighted by Gasteiger charge is 2.62. The molecule has 0 aromatic heterocycles. The third-order valence-electron chi connectivity index (χ3n) is 13.5. The van der Waals surface area contributed by atoms with Crippen LogP contribution >= 0.6 is 94.1 Å². The van der Waals surface area contributed by atoms with Gasteiger partial charge in [-0.05, 0) is 97.4 Å². The highest BCUT2D eigenvalue weighted by atomic mass is 32.3. The average Bonchev–Trinajstić information content (AvgIpc) is 1.65. The van der Waals surface area contributed by atoms with Crippen molar-refractivity contribution in [1.29, 1.82) is 0 Å². The number of rotatable bonds is 69. The van der Waals surface area contributed by atoms with E-state index >= 15 is 0 Å². The maximum Gasteiger partial charge on any atom is 0.265 e. The fourth-order valence-corrected chi connectivity index (χ4v) is 23.6. The van der Waals surface area contributed by atoms with Gasteiger partial charge in [-0.1, -0.05) is 0 Å². The molecule has 0 spiro atoms. The lowest BCUT2D eigenvalue weighted by atomic mass is 9.97. The van der Waals surface area contributed by atoms with Crippen molar-refractivity contribution >= 4 is 175 Å². The second kappa shape index (κ2) is 54.4. The Kier molecular flexibility index (Phi) is 53.2. The summed E-state index contributed by atoms with van der Waals surface area (Å²) in [5.74, 6) is -3.18. The first kappa shape index (κ1) is 101. The molecule has 0 aliphatic carbocycles. The summed E-state index contributed by atoms with van der Waals surface area (Å²) in [7, 11) is -34.2. The number of hydrogen-bond donors (Lipinski definition) is 8. The molecule has 0 amide bonds. The first-order chi connectivity index (χ1) is 48.2. The van der Waals surface area contributed by atoms with Gasteiger partial charge in [-0.2, -0.15) is 161 Å². The topological polar surface area (TPSA) is 536 Å². The largest absolute Gasteiger partial charge is 0.379 e. The highest BCUT2D eigenvalue weighted by molar-refractivity contribution is 8.02. The minimum atomic E-state index is -4.31. The molecule has 0 aromatic rings. The van der Waals surface area contributed by atoms with Gasteiger partial charge in [0.2, 0.25) is 5.79 Å². The van der Waals surface area contributed by atoms with E-state index in [1.807, 2.05) is 0 Å². The van der Waals surface area contributed by atoms with Crippen LogP contribution in [0.5, 0.6) is 0 Å². The summed E-state index contributed by atoms with van der Waals surface area (Å²) in [6.45, 7) is -1.28. The SMILES string of the molecule is O=S(=O)(O)CCSCCCOC[C@H]1O[C@@](COCCCSCCS(=O)(=O)O)(O[C@H]2O[C@H](COCCCSCCS(=O)(=O)O)[C@@H](OCCCSCCS(=O)(=O)O)[C@H](OCCCSCCS(=O)(=O)O)[C@H]2OCCCSCCS(=O)(=O)O)[C@@H](OCCCSCCS(=O)(=O)O)[C@@H]1OCCCSCCS(=O)(=O)O. The summed E-state index contributed by atoms with van der Waals surface area (Å²) in [4.78, 5) is 0. The van der Waals surface area contributed by atoms with Crippen LogP contribution in [-0.4, -0.2) is 369 Å². The summed E-state index contributed by atoms with van der Waals surface area (Å²) in [5.41, 5.74) is 0. The second-order valence-corrected chi connectivity index (χ2v) is 44.9. The third kappa shape index (κ3) is 56.5. The van der Waals surface area contributed by atoms with Crippen LogP contribution in [0.3, 0.4) is 0 Å². The first-order valence-corrected chi connectivity index (χ1v) is 54.3. The molecule has 0 aromatic carbocycles. The number of ether oxygens (including phenoxy) is 11. The van der Waals surface area contributed by atoms with Gasteiger partial charge in [0.1, 0.15) is 49.3 Å². The number of thioether (sulfide) groups is 8. The van der Waals surface area contributed by atoms with E-state index < -0.39 is 188 Å². The van der Waals surface area contributed by atoms with Crippen LogP contribution < -0.4 is 0 Å². The van der Waals surface area contributed by atoms with E-state index in [4.69, 9.17) is 52.1 Å². The molecular weight excluding hydrogens is 1700 g/mol. The molecule has 0 unspecified atom stereocenters. The standard InChI is InChI=1S/C52H102O35S16/c53-96(54,55)33-25-88-17-1-9-77-41-44-46(80-12-4-20-91-28-36-99(62,63)64)48(82-14-6-22-93-30-38-101(68,69)70)49(83-15-7-23-94-31-39-102(71,72)73)51(85-44)87-52(43-79-11-3-19-90-27-35-98(59,60)61)50(84-16-8-24-95-32-40-103(74,75)76)47(81-13-5-21-92-29-37-100(65,66)67)45(86-52)42-78-10-2-18-89-26-34-97(56,57)58/h44-51H,1-43H2,(H,53,54,55)(H,56,57,58)(H,59,60,61)(H,62,63,64)(H,65,66,67)(H,68,69,70)(H,71,72,73)(H,74,75,76)/t44-,45-,46-,47-,48+,49-,50+,51-,52+/m1/s1. The lowest BCUT2D eigenvalue weighted by Gasteiger charge is -2.48. The lowest BCUT2D eigenvalue weighted by molar-refractivity contribution is -0.395. The normalized spacial score (nSPS) is 22.0. The van der Waals surface area contributed by atoms with Gasteiger partial charge in [0.25, 0.3) is 80.9 Å². The minimum Gasteiger partial charge on any atom is -0.379 e. The smallest absolute Gasteiger partial charge is 0.265 e. The quantitative estimate of drug-likeness (QED) is 0.0320. The summed E-state index contributed by atoms with van der Waals surface area (Å²) >= 11 is 9.74. The number of hydrogen-bond acceptors (Lipinski definition) is 35. The third-order valence-corrected chi connectivity index (χ3v) is 29.9. The fourth-order valence-electron chi connectivity index (χ4n) is 8.92. The second-order valence-electron chi connectivity index (χ2n) is 22.5. The van der Waals surface area contributed by atoms with Crippen LogP contribution in [0.4, 0.5) is 0 Å². The van der Waals surface area contributed by atoms with Crippen LogP contribution in [0.2, 0.25) is 0 Å². The van der Waals surface area contributed by atoms with Crippen molar-refractivity contribution in [2.75, 3.05) is 211 Å². The average molecular weight is 1800 g/mol. The van der Waals surface area contributed by atoms with Crippen LogP contribution in [0.1, 0.15) is 51.4 Å². The van der Waals surface area contributed by atoms with Crippen molar-refractivity contribution in [3.8, 4) is 0 Å². The van der Waals surface area contributed by atoms with Crippen LogP contribution in [0, 0.1) is 0 Å². The Morgan fingerprint density at radius 3 is 0.845 bits per heavy atom. The summed E-state index contributed by atoms with van der Waals surface area (Å²) in [6.07, 6.45) is -7.83. The Labute approximate surface area is 642 Å². The first-order valence-electron chi connectivity index (χ1n) is 32.2. The Morgan fingerprint density at radius 2 is 0.534 bits per heavy atom. The maximum absolute atomic E-state index is 11.6. The van der Waals surface area contributed by atoms with Crippen LogP contribution in [0.15, 0.2) is 0 Å². The van der Waals surface area contributed by atoms with Gasteiger partial charge in [-0.3, -0.25) is 36.4 Å². The van der Waals surface area contributed by atoms with Gasteiger partial charge in [-0.25, -0.2) is 0 Å². The molecule has 51 heteroatoms. The predicted octanol–water partition coefficient (Wildman–Crippen LogP) is 2.89. The Balaban J connectivity index is 3.01. The van der Waals surface area contributed by atoms with Gasteiger partial charge in [-0.15, -0.1) is 0 Å². The van der Waals surface area contributed by atoms with Crippen LogP contribution in [0.25, 0.3) is 0 Å². The molecule has 0 bridgehead atoms. The molecule has 0 radical (unpaired) electrons. The van der Waals surface area contributed by atoms with Crippen molar-refractivity contribution in [2.24, 2.45) is 0 Å². The molecule has 8 N–H and O–H groups in total. The lowest BCUT2D eigenvalue weighted by Crippen LogP contribution is -2.65. The Bertz CT molecular complexity index is 3220. The molecule has 35 nitrogen and oxygen atoms in total. The van der Waals surface area contributed by atoms with Gasteiger partial charge >= 0.3 is 0 Å². The summed E-state index contributed by atoms with van der Waals surface area (Å²) < 4.78 is 334. The van der Waals surface area contributed by atoms with E-state index in [-0.39, 0.29) is 138 Å². The monoisotopic (exact) mass is 1800 g/mol. The molecule has 2 heterocycles. The Morgan fingerprint density at radius 1 is 0.282 bits per heavy atom. The van der Waals surface area contributed by atoms with Crippen LogP contribution in [-0.2, 0) is 133 Å². The van der Waals surface area contributed by atoms with E-state index in [1.165, 1.54) is 94.1 Å². The molecule has 616 valence electrons. The molecular formula is C52H102O35S16.